The van der Waals surface area contributed by atoms with Gasteiger partial charge in [0.1, 0.15) is 0 Å². The van der Waals surface area contributed by atoms with E-state index < -0.39 is 5.91 Å². The molecule has 0 aliphatic carbocycles. The molecule has 1 atom stereocenters. The number of benzene rings is 1. The average molecular weight is 208 g/mol. The highest BCUT2D eigenvalue weighted by Gasteiger charge is 2.01. The number of nitrogens with one attached hydrogen (secondary N) is 1. The van der Waals surface area contributed by atoms with Crippen LogP contribution in [0.2, 0.25) is 0 Å². The summed E-state index contributed by atoms with van der Waals surface area (Å²) in [6.07, 6.45) is -0.371. The van der Waals surface area contributed by atoms with E-state index in [1.165, 1.54) is 0 Å². The summed E-state index contributed by atoms with van der Waals surface area (Å²) in [4.78, 5) is 10.9. The molecule has 15 heavy (non-hydrogen) atoms. The van der Waals surface area contributed by atoms with Gasteiger partial charge in [0.05, 0.1) is 6.10 Å². The number of aliphatic hydroxyl groups excluding tert-OH is 1. The molecule has 1 rings (SSSR count). The fourth-order valence-electron chi connectivity index (χ4n) is 1.26. The molecule has 0 aromatic heterocycles. The summed E-state index contributed by atoms with van der Waals surface area (Å²) < 4.78 is 0. The maximum absolute atomic E-state index is 10.9. The zero-order valence-electron chi connectivity index (χ0n) is 8.73. The molecule has 4 nitrogen and oxygen atoms in total. The van der Waals surface area contributed by atoms with Gasteiger partial charge in [-0.05, 0) is 24.6 Å². The van der Waals surface area contributed by atoms with Crippen molar-refractivity contribution in [2.75, 3.05) is 6.54 Å². The monoisotopic (exact) mass is 208 g/mol. The number of carbonyl (C=O) groups is 1. The van der Waals surface area contributed by atoms with Crippen LogP contribution in [0.25, 0.3) is 0 Å². The SMILES string of the molecule is CC(O)CNCc1cccc(C(N)=O)c1. The van der Waals surface area contributed by atoms with Crippen molar-refractivity contribution in [1.82, 2.24) is 5.32 Å². The highest BCUT2D eigenvalue weighted by atomic mass is 16.3. The number of hydrogen-bond acceptors (Lipinski definition) is 3. The second-order valence-corrected chi connectivity index (χ2v) is 3.54. The Hall–Kier alpha value is -1.39. The van der Waals surface area contributed by atoms with Crippen LogP contribution in [0.1, 0.15) is 22.8 Å². The second kappa shape index (κ2) is 5.48. The summed E-state index contributed by atoms with van der Waals surface area (Å²) >= 11 is 0. The van der Waals surface area contributed by atoms with Crippen LogP contribution in [0.4, 0.5) is 0 Å². The van der Waals surface area contributed by atoms with Gasteiger partial charge in [-0.15, -0.1) is 0 Å². The third kappa shape index (κ3) is 4.10. The summed E-state index contributed by atoms with van der Waals surface area (Å²) in [5.41, 5.74) is 6.64. The third-order valence-electron chi connectivity index (χ3n) is 1.98. The van der Waals surface area contributed by atoms with Gasteiger partial charge in [0.15, 0.2) is 0 Å². The zero-order chi connectivity index (χ0) is 11.3. The highest BCUT2D eigenvalue weighted by Crippen LogP contribution is 2.04. The summed E-state index contributed by atoms with van der Waals surface area (Å²) in [5.74, 6) is -0.424. The molecular formula is C11H16N2O2. The van der Waals surface area contributed by atoms with Gasteiger partial charge in [-0.1, -0.05) is 12.1 Å². The number of hydrogen-bond donors (Lipinski definition) is 3. The lowest BCUT2D eigenvalue weighted by Crippen LogP contribution is -2.24. The largest absolute Gasteiger partial charge is 0.392 e. The van der Waals surface area contributed by atoms with Gasteiger partial charge in [0.2, 0.25) is 5.91 Å². The van der Waals surface area contributed by atoms with E-state index in [4.69, 9.17) is 10.8 Å². The van der Waals surface area contributed by atoms with Crippen LogP contribution in [-0.2, 0) is 6.54 Å². The van der Waals surface area contributed by atoms with Gasteiger partial charge in [-0.3, -0.25) is 4.79 Å². The highest BCUT2D eigenvalue weighted by molar-refractivity contribution is 5.92. The summed E-state index contributed by atoms with van der Waals surface area (Å²) in [6.45, 7) is 2.86. The predicted octanol–water partition coefficient (Wildman–Crippen LogP) is 0.256. The smallest absolute Gasteiger partial charge is 0.248 e. The van der Waals surface area contributed by atoms with E-state index in [1.807, 2.05) is 6.07 Å². The fourth-order valence-corrected chi connectivity index (χ4v) is 1.26. The molecule has 1 unspecified atom stereocenters. The molecule has 1 aromatic carbocycles. The minimum Gasteiger partial charge on any atom is -0.392 e. The first-order valence-electron chi connectivity index (χ1n) is 4.87. The van der Waals surface area contributed by atoms with Crippen LogP contribution in [0, 0.1) is 0 Å². The van der Waals surface area contributed by atoms with E-state index in [1.54, 1.807) is 25.1 Å². The van der Waals surface area contributed by atoms with Gasteiger partial charge in [-0.2, -0.15) is 0 Å². The van der Waals surface area contributed by atoms with Gasteiger partial charge in [0.25, 0.3) is 0 Å². The van der Waals surface area contributed by atoms with Crippen molar-refractivity contribution in [2.45, 2.75) is 19.6 Å². The first kappa shape index (κ1) is 11.7. The van der Waals surface area contributed by atoms with Crippen LogP contribution in [0.3, 0.4) is 0 Å². The summed E-state index contributed by atoms with van der Waals surface area (Å²) in [6, 6.07) is 7.12. The van der Waals surface area contributed by atoms with Crippen LogP contribution < -0.4 is 11.1 Å². The van der Waals surface area contributed by atoms with Crippen molar-refractivity contribution >= 4 is 5.91 Å². The van der Waals surface area contributed by atoms with Crippen molar-refractivity contribution in [1.29, 1.82) is 0 Å². The number of amides is 1. The van der Waals surface area contributed by atoms with Crippen molar-refractivity contribution in [3.8, 4) is 0 Å². The Bertz CT molecular complexity index is 337. The Morgan fingerprint density at radius 3 is 2.93 bits per heavy atom. The number of aliphatic hydroxyl groups is 1. The molecular weight excluding hydrogens is 192 g/mol. The number of carbonyl (C=O) groups excluding carboxylic acids is 1. The Labute approximate surface area is 89.1 Å². The molecule has 0 heterocycles. The molecule has 0 saturated heterocycles. The van der Waals surface area contributed by atoms with E-state index in [0.29, 0.717) is 18.7 Å². The van der Waals surface area contributed by atoms with Gasteiger partial charge in [-0.25, -0.2) is 0 Å². The zero-order valence-corrected chi connectivity index (χ0v) is 8.73. The van der Waals surface area contributed by atoms with Gasteiger partial charge in [0, 0.05) is 18.7 Å². The first-order valence-corrected chi connectivity index (χ1v) is 4.87. The average Bonchev–Trinajstić information content (AvgIpc) is 2.17. The molecule has 0 aliphatic heterocycles. The topological polar surface area (TPSA) is 75.3 Å². The van der Waals surface area contributed by atoms with E-state index in [0.717, 1.165) is 5.56 Å². The van der Waals surface area contributed by atoms with Gasteiger partial charge < -0.3 is 16.2 Å². The van der Waals surface area contributed by atoms with E-state index in [2.05, 4.69) is 5.32 Å². The van der Waals surface area contributed by atoms with Crippen molar-refractivity contribution < 1.29 is 9.90 Å². The van der Waals surface area contributed by atoms with Crippen molar-refractivity contribution in [3.63, 3.8) is 0 Å². The number of nitrogens with two attached hydrogens (primary N) is 1. The third-order valence-corrected chi connectivity index (χ3v) is 1.98. The van der Waals surface area contributed by atoms with Crippen LogP contribution in [0.5, 0.6) is 0 Å². The predicted molar refractivity (Wildman–Crippen MR) is 58.3 cm³/mol. The van der Waals surface area contributed by atoms with E-state index in [-0.39, 0.29) is 6.10 Å². The Morgan fingerprint density at radius 1 is 1.60 bits per heavy atom. The first-order chi connectivity index (χ1) is 7.09. The quantitative estimate of drug-likeness (QED) is 0.649. The van der Waals surface area contributed by atoms with Crippen LogP contribution in [0.15, 0.2) is 24.3 Å². The molecule has 1 amide bonds. The van der Waals surface area contributed by atoms with Crippen LogP contribution in [-0.4, -0.2) is 23.7 Å². The molecule has 0 fully saturated rings. The number of rotatable bonds is 5. The molecule has 82 valence electrons. The molecule has 4 N–H and O–H groups in total. The number of primary amides is 1. The maximum atomic E-state index is 10.9. The van der Waals surface area contributed by atoms with Crippen LogP contribution >= 0.6 is 0 Å². The lowest BCUT2D eigenvalue weighted by atomic mass is 10.1. The molecule has 0 aliphatic rings. The Balaban J connectivity index is 2.54. The van der Waals surface area contributed by atoms with E-state index in [9.17, 15) is 4.79 Å². The lowest BCUT2D eigenvalue weighted by molar-refractivity contribution is 0.1000. The molecule has 0 radical (unpaired) electrons. The lowest BCUT2D eigenvalue weighted by Gasteiger charge is -2.07. The van der Waals surface area contributed by atoms with E-state index >= 15 is 0 Å². The summed E-state index contributed by atoms with van der Waals surface area (Å²) in [5, 5.41) is 12.1. The van der Waals surface area contributed by atoms with Crippen molar-refractivity contribution in [3.05, 3.63) is 35.4 Å². The molecule has 0 bridgehead atoms. The molecule has 0 saturated carbocycles. The fraction of sp³-hybridized carbons (Fsp3) is 0.364. The Morgan fingerprint density at radius 2 is 2.33 bits per heavy atom. The minimum atomic E-state index is -0.424. The second-order valence-electron chi connectivity index (χ2n) is 3.54. The molecule has 1 aromatic rings. The van der Waals surface area contributed by atoms with Gasteiger partial charge >= 0.3 is 0 Å². The molecule has 4 heteroatoms. The van der Waals surface area contributed by atoms with Crippen molar-refractivity contribution in [2.24, 2.45) is 5.73 Å². The molecule has 0 spiro atoms. The minimum absolute atomic E-state index is 0.371. The summed E-state index contributed by atoms with van der Waals surface area (Å²) in [7, 11) is 0. The maximum Gasteiger partial charge on any atom is 0.248 e. The standard InChI is InChI=1S/C11H16N2O2/c1-8(14)6-13-7-9-3-2-4-10(5-9)11(12)15/h2-5,8,13-14H,6-7H2,1H3,(H2,12,15). The normalized spacial score (nSPS) is 12.4. The Kier molecular flexibility index (Phi) is 4.27.